The van der Waals surface area contributed by atoms with E-state index in [0.29, 0.717) is 12.1 Å². The quantitative estimate of drug-likeness (QED) is 0.694. The van der Waals surface area contributed by atoms with E-state index in [4.69, 9.17) is 4.74 Å². The minimum Gasteiger partial charge on any atom is -0.380 e. The Hall–Kier alpha value is -0.120. The predicted octanol–water partition coefficient (Wildman–Crippen LogP) is 0.999. The second-order valence-electron chi connectivity index (χ2n) is 4.45. The molecule has 1 aliphatic rings. The molecule has 0 saturated carbocycles. The van der Waals surface area contributed by atoms with E-state index in [0.717, 1.165) is 19.0 Å². The first-order chi connectivity index (χ1) is 6.72. The van der Waals surface area contributed by atoms with Crippen molar-refractivity contribution >= 4 is 0 Å². The molecular formula is C11H24N2O. The molecule has 0 aromatic carbocycles. The Balaban J connectivity index is 2.05. The molecule has 0 aromatic heterocycles. The van der Waals surface area contributed by atoms with Crippen molar-refractivity contribution in [3.05, 3.63) is 0 Å². The molecule has 3 atom stereocenters. The van der Waals surface area contributed by atoms with Gasteiger partial charge < -0.3 is 15.4 Å². The monoisotopic (exact) mass is 200 g/mol. The van der Waals surface area contributed by atoms with Gasteiger partial charge in [0.05, 0.1) is 6.10 Å². The van der Waals surface area contributed by atoms with Crippen LogP contribution in [0.1, 0.15) is 26.7 Å². The van der Waals surface area contributed by atoms with Gasteiger partial charge in [0.2, 0.25) is 0 Å². The highest BCUT2D eigenvalue weighted by molar-refractivity contribution is 4.76. The Kier molecular flexibility index (Phi) is 5.45. The van der Waals surface area contributed by atoms with Gasteiger partial charge in [-0.25, -0.2) is 0 Å². The van der Waals surface area contributed by atoms with Gasteiger partial charge in [-0.2, -0.15) is 0 Å². The molecule has 2 N–H and O–H groups in total. The molecule has 0 amide bonds. The average Bonchev–Trinajstić information content (AvgIpc) is 2.17. The summed E-state index contributed by atoms with van der Waals surface area (Å²) in [5, 5.41) is 6.94. The summed E-state index contributed by atoms with van der Waals surface area (Å²) in [5.74, 6) is 0.843. The lowest BCUT2D eigenvalue weighted by molar-refractivity contribution is 0.115. The fourth-order valence-electron chi connectivity index (χ4n) is 1.99. The fourth-order valence-corrected chi connectivity index (χ4v) is 1.99. The summed E-state index contributed by atoms with van der Waals surface area (Å²) in [7, 11) is 1.76. The van der Waals surface area contributed by atoms with E-state index in [1.165, 1.54) is 19.4 Å². The lowest BCUT2D eigenvalue weighted by Crippen LogP contribution is -2.40. The van der Waals surface area contributed by atoms with Gasteiger partial charge in [-0.1, -0.05) is 0 Å². The highest BCUT2D eigenvalue weighted by Gasteiger charge is 2.17. The van der Waals surface area contributed by atoms with Crippen LogP contribution in [0.2, 0.25) is 0 Å². The molecule has 3 nitrogen and oxygen atoms in total. The molecule has 1 rings (SSSR count). The van der Waals surface area contributed by atoms with Crippen molar-refractivity contribution in [2.75, 3.05) is 26.7 Å². The van der Waals surface area contributed by atoms with Crippen molar-refractivity contribution in [1.82, 2.24) is 10.6 Å². The maximum atomic E-state index is 5.19. The van der Waals surface area contributed by atoms with Crippen LogP contribution in [0, 0.1) is 5.92 Å². The second kappa shape index (κ2) is 6.38. The van der Waals surface area contributed by atoms with Crippen molar-refractivity contribution in [3.8, 4) is 0 Å². The molecule has 0 bridgehead atoms. The van der Waals surface area contributed by atoms with E-state index in [2.05, 4.69) is 24.5 Å². The molecule has 1 aliphatic heterocycles. The topological polar surface area (TPSA) is 33.3 Å². The van der Waals surface area contributed by atoms with E-state index in [1.807, 2.05) is 0 Å². The molecule has 3 heteroatoms. The lowest BCUT2D eigenvalue weighted by Gasteiger charge is -2.28. The second-order valence-corrected chi connectivity index (χ2v) is 4.45. The van der Waals surface area contributed by atoms with Crippen LogP contribution >= 0.6 is 0 Å². The number of piperidine rings is 1. The van der Waals surface area contributed by atoms with Crippen LogP contribution in [-0.2, 0) is 4.74 Å². The summed E-state index contributed by atoms with van der Waals surface area (Å²) in [5.41, 5.74) is 0. The van der Waals surface area contributed by atoms with Gasteiger partial charge in [-0.15, -0.1) is 0 Å². The summed E-state index contributed by atoms with van der Waals surface area (Å²) in [6.45, 7) is 7.64. The van der Waals surface area contributed by atoms with Crippen molar-refractivity contribution in [1.29, 1.82) is 0 Å². The molecule has 0 aliphatic carbocycles. The first-order valence-electron chi connectivity index (χ1n) is 5.69. The molecule has 0 spiro atoms. The van der Waals surface area contributed by atoms with E-state index in [1.54, 1.807) is 7.11 Å². The number of ether oxygens (including phenoxy) is 1. The van der Waals surface area contributed by atoms with E-state index < -0.39 is 0 Å². The summed E-state index contributed by atoms with van der Waals surface area (Å²) in [4.78, 5) is 0. The minimum atomic E-state index is 0.328. The van der Waals surface area contributed by atoms with Crippen LogP contribution in [0.5, 0.6) is 0 Å². The molecular weight excluding hydrogens is 176 g/mol. The Labute approximate surface area is 87.6 Å². The Bertz CT molecular complexity index is 152. The van der Waals surface area contributed by atoms with Crippen LogP contribution in [0.3, 0.4) is 0 Å². The van der Waals surface area contributed by atoms with Gasteiger partial charge in [0.25, 0.3) is 0 Å². The van der Waals surface area contributed by atoms with Crippen LogP contribution in [0.4, 0.5) is 0 Å². The zero-order valence-corrected chi connectivity index (χ0v) is 9.68. The molecule has 84 valence electrons. The van der Waals surface area contributed by atoms with Crippen molar-refractivity contribution in [2.24, 2.45) is 5.92 Å². The third-order valence-electron chi connectivity index (χ3n) is 3.00. The van der Waals surface area contributed by atoms with Crippen molar-refractivity contribution < 1.29 is 4.74 Å². The highest BCUT2D eigenvalue weighted by Crippen LogP contribution is 2.14. The predicted molar refractivity (Wildman–Crippen MR) is 59.5 cm³/mol. The first-order valence-corrected chi connectivity index (χ1v) is 5.69. The molecule has 1 saturated heterocycles. The zero-order chi connectivity index (χ0) is 10.4. The largest absolute Gasteiger partial charge is 0.380 e. The maximum absolute atomic E-state index is 5.19. The van der Waals surface area contributed by atoms with Gasteiger partial charge in [0, 0.05) is 19.7 Å². The van der Waals surface area contributed by atoms with Crippen LogP contribution in [0.15, 0.2) is 0 Å². The number of rotatable bonds is 5. The van der Waals surface area contributed by atoms with Gasteiger partial charge in [0.15, 0.2) is 0 Å². The molecule has 14 heavy (non-hydrogen) atoms. The van der Waals surface area contributed by atoms with Crippen LogP contribution in [0.25, 0.3) is 0 Å². The summed E-state index contributed by atoms with van der Waals surface area (Å²) in [6.07, 6.45) is 2.93. The third-order valence-corrected chi connectivity index (χ3v) is 3.00. The fraction of sp³-hybridized carbons (Fsp3) is 1.00. The van der Waals surface area contributed by atoms with Gasteiger partial charge in [0.1, 0.15) is 0 Å². The lowest BCUT2D eigenvalue weighted by atomic mass is 9.93. The number of methoxy groups -OCH3 is 1. The molecule has 1 fully saturated rings. The first kappa shape index (κ1) is 12.0. The van der Waals surface area contributed by atoms with Gasteiger partial charge in [-0.05, 0) is 45.7 Å². The van der Waals surface area contributed by atoms with Crippen LogP contribution in [-0.4, -0.2) is 38.9 Å². The zero-order valence-electron chi connectivity index (χ0n) is 9.68. The molecule has 3 unspecified atom stereocenters. The molecule has 0 aromatic rings. The summed E-state index contributed by atoms with van der Waals surface area (Å²) < 4.78 is 5.19. The summed E-state index contributed by atoms with van der Waals surface area (Å²) in [6, 6.07) is 0.690. The average molecular weight is 200 g/mol. The van der Waals surface area contributed by atoms with E-state index in [-0.39, 0.29) is 0 Å². The normalized spacial score (nSPS) is 30.2. The standard InChI is InChI=1S/C11H24N2O/c1-9-6-11(4-5-13-9)8-12-7-10(2)14-3/h9-13H,4-8H2,1-3H3. The van der Waals surface area contributed by atoms with Crippen LogP contribution < -0.4 is 10.6 Å². The SMILES string of the molecule is COC(C)CNCC1CCNC(C)C1. The molecule has 1 heterocycles. The highest BCUT2D eigenvalue weighted by atomic mass is 16.5. The van der Waals surface area contributed by atoms with E-state index >= 15 is 0 Å². The van der Waals surface area contributed by atoms with Crippen molar-refractivity contribution in [3.63, 3.8) is 0 Å². The van der Waals surface area contributed by atoms with Gasteiger partial charge in [-0.3, -0.25) is 0 Å². The number of nitrogens with one attached hydrogen (secondary N) is 2. The Morgan fingerprint density at radius 2 is 2.36 bits per heavy atom. The number of hydrogen-bond donors (Lipinski definition) is 2. The minimum absolute atomic E-state index is 0.328. The smallest absolute Gasteiger partial charge is 0.0667 e. The van der Waals surface area contributed by atoms with E-state index in [9.17, 15) is 0 Å². The van der Waals surface area contributed by atoms with Gasteiger partial charge >= 0.3 is 0 Å². The number of hydrogen-bond acceptors (Lipinski definition) is 3. The van der Waals surface area contributed by atoms with Crippen molar-refractivity contribution in [2.45, 2.75) is 38.8 Å². The third kappa shape index (κ3) is 4.40. The molecule has 0 radical (unpaired) electrons. The summed E-state index contributed by atoms with van der Waals surface area (Å²) >= 11 is 0. The Morgan fingerprint density at radius 3 is 3.00 bits per heavy atom. The Morgan fingerprint density at radius 1 is 1.57 bits per heavy atom. The maximum Gasteiger partial charge on any atom is 0.0667 e.